The molecule has 0 aromatic heterocycles. The lowest BCUT2D eigenvalue weighted by molar-refractivity contribution is -0.138. The molecule has 1 unspecified atom stereocenters. The number of nitriles is 1. The summed E-state index contributed by atoms with van der Waals surface area (Å²) >= 11 is 5.98. The van der Waals surface area contributed by atoms with Gasteiger partial charge in [0.15, 0.2) is 5.78 Å². The second kappa shape index (κ2) is 4.98. The van der Waals surface area contributed by atoms with E-state index in [2.05, 4.69) is 6.07 Å². The summed E-state index contributed by atoms with van der Waals surface area (Å²) in [5.74, 6) is 0.0775. The van der Waals surface area contributed by atoms with Crippen molar-refractivity contribution >= 4 is 17.4 Å². The monoisotopic (exact) mass is 275 g/mol. The standard InChI is InChI=1S/C16H18ClNO/c1-15(2)7-4-8-16(11-18,14(15)19)10-12-5-3-6-13(17)9-12/h3,5-6,9H,4,7-8,10H2,1-2H3. The lowest BCUT2D eigenvalue weighted by atomic mass is 9.61. The van der Waals surface area contributed by atoms with Gasteiger partial charge in [-0.3, -0.25) is 4.79 Å². The molecule has 0 radical (unpaired) electrons. The van der Waals surface area contributed by atoms with Crippen LogP contribution < -0.4 is 0 Å². The van der Waals surface area contributed by atoms with Crippen LogP contribution in [-0.4, -0.2) is 5.78 Å². The van der Waals surface area contributed by atoms with E-state index < -0.39 is 10.8 Å². The van der Waals surface area contributed by atoms with Crippen LogP contribution in [-0.2, 0) is 11.2 Å². The number of halogens is 1. The lowest BCUT2D eigenvalue weighted by Crippen LogP contribution is -2.45. The number of Topliss-reactive ketones (excluding diaryl/α,β-unsaturated/α-hetero) is 1. The fraction of sp³-hybridized carbons (Fsp3) is 0.500. The van der Waals surface area contributed by atoms with Crippen LogP contribution in [0.1, 0.15) is 38.7 Å². The van der Waals surface area contributed by atoms with Crippen molar-refractivity contribution in [2.45, 2.75) is 39.5 Å². The van der Waals surface area contributed by atoms with Gasteiger partial charge in [-0.1, -0.05) is 44.0 Å². The molecule has 0 N–H and O–H groups in total. The zero-order chi connectivity index (χ0) is 14.1. The van der Waals surface area contributed by atoms with E-state index in [9.17, 15) is 10.1 Å². The zero-order valence-corrected chi connectivity index (χ0v) is 12.1. The lowest BCUT2D eigenvalue weighted by Gasteiger charge is -2.39. The Morgan fingerprint density at radius 3 is 2.74 bits per heavy atom. The van der Waals surface area contributed by atoms with Crippen LogP contribution in [0, 0.1) is 22.2 Å². The summed E-state index contributed by atoms with van der Waals surface area (Å²) in [7, 11) is 0. The van der Waals surface area contributed by atoms with Crippen LogP contribution in [0.4, 0.5) is 0 Å². The summed E-state index contributed by atoms with van der Waals surface area (Å²) in [5.41, 5.74) is -0.320. The Morgan fingerprint density at radius 2 is 2.11 bits per heavy atom. The SMILES string of the molecule is CC1(C)CCCC(C#N)(Cc2cccc(Cl)c2)C1=O. The summed E-state index contributed by atoms with van der Waals surface area (Å²) in [4.78, 5) is 12.6. The number of benzene rings is 1. The van der Waals surface area contributed by atoms with Gasteiger partial charge >= 0.3 is 0 Å². The van der Waals surface area contributed by atoms with E-state index in [0.717, 1.165) is 18.4 Å². The van der Waals surface area contributed by atoms with E-state index in [4.69, 9.17) is 11.6 Å². The molecule has 1 aromatic rings. The van der Waals surface area contributed by atoms with Crippen LogP contribution in [0.3, 0.4) is 0 Å². The summed E-state index contributed by atoms with van der Waals surface area (Å²) in [6.45, 7) is 3.89. The number of rotatable bonds is 2. The Bertz CT molecular complexity index is 544. The summed E-state index contributed by atoms with van der Waals surface area (Å²) in [6, 6.07) is 9.74. The van der Waals surface area contributed by atoms with Crippen molar-refractivity contribution in [2.24, 2.45) is 10.8 Å². The van der Waals surface area contributed by atoms with Crippen LogP contribution in [0.25, 0.3) is 0 Å². The minimum Gasteiger partial charge on any atom is -0.297 e. The van der Waals surface area contributed by atoms with Crippen molar-refractivity contribution in [3.05, 3.63) is 34.9 Å². The number of ketones is 1. The third-order valence-electron chi connectivity index (χ3n) is 4.06. The van der Waals surface area contributed by atoms with E-state index in [0.29, 0.717) is 17.9 Å². The third-order valence-corrected chi connectivity index (χ3v) is 4.30. The third kappa shape index (κ3) is 2.67. The molecule has 0 heterocycles. The number of hydrogen-bond acceptors (Lipinski definition) is 2. The minimum atomic E-state index is -0.883. The highest BCUT2D eigenvalue weighted by molar-refractivity contribution is 6.30. The minimum absolute atomic E-state index is 0.0775. The molecule has 1 atom stereocenters. The Hall–Kier alpha value is -1.33. The second-order valence-corrected chi connectivity index (χ2v) is 6.50. The number of carbonyl (C=O) groups is 1. The second-order valence-electron chi connectivity index (χ2n) is 6.07. The normalized spacial score (nSPS) is 25.9. The average Bonchev–Trinajstić information content (AvgIpc) is 2.35. The maximum atomic E-state index is 12.6. The van der Waals surface area contributed by atoms with Gasteiger partial charge in [0.1, 0.15) is 5.41 Å². The molecule has 2 nitrogen and oxygen atoms in total. The van der Waals surface area contributed by atoms with E-state index in [1.807, 2.05) is 32.0 Å². The van der Waals surface area contributed by atoms with Gasteiger partial charge in [0.05, 0.1) is 6.07 Å². The maximum absolute atomic E-state index is 12.6. The molecular formula is C16H18ClNO. The summed E-state index contributed by atoms with van der Waals surface area (Å²) < 4.78 is 0. The van der Waals surface area contributed by atoms with Gasteiger partial charge in [-0.15, -0.1) is 0 Å². The van der Waals surface area contributed by atoms with Crippen molar-refractivity contribution in [2.75, 3.05) is 0 Å². The number of carbonyl (C=O) groups excluding carboxylic acids is 1. The smallest absolute Gasteiger partial charge is 0.158 e. The van der Waals surface area contributed by atoms with E-state index in [1.54, 1.807) is 6.07 Å². The Kier molecular flexibility index (Phi) is 3.69. The van der Waals surface area contributed by atoms with Gasteiger partial charge in [-0.2, -0.15) is 5.26 Å². The molecule has 1 saturated carbocycles. The van der Waals surface area contributed by atoms with E-state index >= 15 is 0 Å². The van der Waals surface area contributed by atoms with Gasteiger partial charge in [0.25, 0.3) is 0 Å². The van der Waals surface area contributed by atoms with Crippen molar-refractivity contribution in [1.29, 1.82) is 5.26 Å². The highest BCUT2D eigenvalue weighted by Crippen LogP contribution is 2.44. The molecule has 0 saturated heterocycles. The molecule has 0 amide bonds. The zero-order valence-electron chi connectivity index (χ0n) is 11.4. The van der Waals surface area contributed by atoms with Crippen LogP contribution in [0.15, 0.2) is 24.3 Å². The Balaban J connectivity index is 2.34. The van der Waals surface area contributed by atoms with Crippen LogP contribution in [0.2, 0.25) is 5.02 Å². The van der Waals surface area contributed by atoms with E-state index in [-0.39, 0.29) is 5.78 Å². The topological polar surface area (TPSA) is 40.9 Å². The molecule has 1 aliphatic rings. The first-order valence-corrected chi connectivity index (χ1v) is 6.98. The summed E-state index contributed by atoms with van der Waals surface area (Å²) in [6.07, 6.45) is 2.91. The number of hydrogen-bond donors (Lipinski definition) is 0. The number of nitrogens with zero attached hydrogens (tertiary/aromatic N) is 1. The molecule has 0 bridgehead atoms. The van der Waals surface area contributed by atoms with Crippen LogP contribution in [0.5, 0.6) is 0 Å². The molecule has 1 fully saturated rings. The van der Waals surface area contributed by atoms with Crippen molar-refractivity contribution < 1.29 is 4.79 Å². The Labute approximate surface area is 119 Å². The van der Waals surface area contributed by atoms with Gasteiger partial charge in [-0.25, -0.2) is 0 Å². The van der Waals surface area contributed by atoms with Gasteiger partial charge < -0.3 is 0 Å². The largest absolute Gasteiger partial charge is 0.297 e. The molecule has 0 spiro atoms. The highest BCUT2D eigenvalue weighted by atomic mass is 35.5. The van der Waals surface area contributed by atoms with Crippen molar-refractivity contribution in [3.63, 3.8) is 0 Å². The molecule has 3 heteroatoms. The van der Waals surface area contributed by atoms with E-state index in [1.165, 1.54) is 0 Å². The Morgan fingerprint density at radius 1 is 1.37 bits per heavy atom. The first-order valence-electron chi connectivity index (χ1n) is 6.60. The van der Waals surface area contributed by atoms with Gasteiger partial charge in [0.2, 0.25) is 0 Å². The quantitative estimate of drug-likeness (QED) is 0.813. The first kappa shape index (κ1) is 14.1. The highest BCUT2D eigenvalue weighted by Gasteiger charge is 2.48. The summed E-state index contributed by atoms with van der Waals surface area (Å²) in [5, 5.41) is 10.2. The molecule has 2 rings (SSSR count). The molecule has 100 valence electrons. The molecule has 0 aliphatic heterocycles. The first-order chi connectivity index (χ1) is 8.89. The van der Waals surface area contributed by atoms with Gasteiger partial charge in [0, 0.05) is 10.4 Å². The van der Waals surface area contributed by atoms with Crippen molar-refractivity contribution in [3.8, 4) is 6.07 Å². The van der Waals surface area contributed by atoms with Crippen molar-refractivity contribution in [1.82, 2.24) is 0 Å². The fourth-order valence-corrected chi connectivity index (χ4v) is 3.23. The molecular weight excluding hydrogens is 258 g/mol. The molecule has 19 heavy (non-hydrogen) atoms. The van der Waals surface area contributed by atoms with Crippen LogP contribution >= 0.6 is 11.6 Å². The molecule has 1 aromatic carbocycles. The average molecular weight is 276 g/mol. The fourth-order valence-electron chi connectivity index (χ4n) is 3.02. The molecule has 1 aliphatic carbocycles. The van der Waals surface area contributed by atoms with Gasteiger partial charge in [-0.05, 0) is 37.0 Å². The predicted octanol–water partition coefficient (Wildman–Crippen LogP) is 4.17. The maximum Gasteiger partial charge on any atom is 0.158 e. The predicted molar refractivity (Wildman–Crippen MR) is 75.8 cm³/mol.